The average Bonchev–Trinajstić information content (AvgIpc) is 3.19. The van der Waals surface area contributed by atoms with E-state index in [-0.39, 0.29) is 0 Å². The molecule has 40 heavy (non-hydrogen) atoms. The van der Waals surface area contributed by atoms with E-state index in [2.05, 4.69) is 18.5 Å². The van der Waals surface area contributed by atoms with Crippen LogP contribution in [0.25, 0.3) is 0 Å². The first-order chi connectivity index (χ1) is 19.7. The summed E-state index contributed by atoms with van der Waals surface area (Å²) in [7, 11) is -0.993. The maximum atomic E-state index is 7.59. The molecule has 4 heteroatoms. The molecule has 0 radical (unpaired) electrons. The molecule has 0 aromatic heterocycles. The van der Waals surface area contributed by atoms with Crippen LogP contribution < -0.4 is 0 Å². The highest BCUT2D eigenvalue weighted by Crippen LogP contribution is 2.64. The minimum atomic E-state index is -0.993. The molecule has 7 fully saturated rings. The molecule has 0 aromatic carbocycles. The second-order valence-corrected chi connectivity index (χ2v) is 17.3. The summed E-state index contributed by atoms with van der Waals surface area (Å²) in [6.07, 6.45) is 32.6. The van der Waals surface area contributed by atoms with Crippen molar-refractivity contribution in [2.45, 2.75) is 179 Å². The maximum absolute atomic E-state index is 7.59. The Morgan fingerprint density at radius 2 is 0.875 bits per heavy atom. The summed E-state index contributed by atoms with van der Waals surface area (Å²) in [4.78, 5) is 0. The number of fused-ring (bicyclic) bond motifs is 7. The number of hydrogen-bond acceptors (Lipinski definition) is 3. The summed E-state index contributed by atoms with van der Waals surface area (Å²) in [6.45, 7) is 5.20. The lowest BCUT2D eigenvalue weighted by atomic mass is 9.53. The molecule has 6 saturated carbocycles. The van der Waals surface area contributed by atoms with Gasteiger partial charge < -0.3 is 9.05 Å². The molecule has 8 unspecified atom stereocenters. The Morgan fingerprint density at radius 1 is 0.475 bits per heavy atom. The fourth-order valence-corrected chi connectivity index (χ4v) is 14.1. The van der Waals surface area contributed by atoms with Gasteiger partial charge in [-0.2, -0.15) is 0 Å². The summed E-state index contributed by atoms with van der Waals surface area (Å²) < 4.78 is 18.1. The fourth-order valence-electron chi connectivity index (χ4n) is 11.9. The topological polar surface area (TPSA) is 21.7 Å². The molecule has 7 rings (SSSR count). The van der Waals surface area contributed by atoms with Crippen LogP contribution in [0, 0.1) is 47.3 Å². The van der Waals surface area contributed by atoms with E-state index in [1.165, 1.54) is 141 Å². The van der Waals surface area contributed by atoms with E-state index in [0.29, 0.717) is 24.3 Å². The Balaban J connectivity index is 1.22. The molecule has 10 atom stereocenters. The third kappa shape index (κ3) is 5.75. The standard InChI is InChI=1S/C36H62NO2P/c1-25(27-13-5-3-6-14-27)37(26(2)28-15-7-4-8-16-28)40-38-33-23-21-29-17-9-11-19-31(29)35(33)36-32-20-12-10-18-30(32)22-24-34(36)39-40/h25-36H,3-24H2,1-2H3/t25-,26-,29?,30?,31?,32?,33?,34?,35?,36?,40?/m0/s1. The van der Waals surface area contributed by atoms with Crippen molar-refractivity contribution < 1.29 is 9.05 Å². The van der Waals surface area contributed by atoms with Crippen LogP contribution in [0.3, 0.4) is 0 Å². The van der Waals surface area contributed by atoms with Gasteiger partial charge in [-0.3, -0.25) is 0 Å². The maximum Gasteiger partial charge on any atom is 0.259 e. The second kappa shape index (κ2) is 13.1. The van der Waals surface area contributed by atoms with Crippen LogP contribution in [0.4, 0.5) is 0 Å². The molecule has 1 saturated heterocycles. The van der Waals surface area contributed by atoms with Gasteiger partial charge in [-0.25, -0.2) is 4.67 Å². The lowest BCUT2D eigenvalue weighted by Crippen LogP contribution is -2.51. The number of hydrogen-bond donors (Lipinski definition) is 0. The second-order valence-electron chi connectivity index (χ2n) is 15.9. The molecule has 6 aliphatic carbocycles. The van der Waals surface area contributed by atoms with Crippen molar-refractivity contribution in [3.63, 3.8) is 0 Å². The molecular formula is C36H62NO2P. The van der Waals surface area contributed by atoms with Gasteiger partial charge >= 0.3 is 0 Å². The largest absolute Gasteiger partial charge is 0.318 e. The van der Waals surface area contributed by atoms with Crippen LogP contribution in [0.15, 0.2) is 0 Å². The van der Waals surface area contributed by atoms with Crippen LogP contribution in [-0.2, 0) is 9.05 Å². The van der Waals surface area contributed by atoms with Crippen molar-refractivity contribution >= 4 is 8.53 Å². The quantitative estimate of drug-likeness (QED) is 0.306. The van der Waals surface area contributed by atoms with Crippen molar-refractivity contribution in [2.75, 3.05) is 0 Å². The summed E-state index contributed by atoms with van der Waals surface area (Å²) in [5, 5.41) is 0. The van der Waals surface area contributed by atoms with Gasteiger partial charge in [-0.05, 0) is 125 Å². The van der Waals surface area contributed by atoms with Gasteiger partial charge in [0.2, 0.25) is 0 Å². The summed E-state index contributed by atoms with van der Waals surface area (Å²) in [5.74, 6) is 6.99. The first-order valence-corrected chi connectivity index (χ1v) is 19.7. The zero-order chi connectivity index (χ0) is 27.1. The zero-order valence-corrected chi connectivity index (χ0v) is 27.1. The van der Waals surface area contributed by atoms with Crippen molar-refractivity contribution in [3.05, 3.63) is 0 Å². The van der Waals surface area contributed by atoms with Crippen LogP contribution in [-0.4, -0.2) is 29.0 Å². The van der Waals surface area contributed by atoms with E-state index in [4.69, 9.17) is 9.05 Å². The zero-order valence-electron chi connectivity index (χ0n) is 26.2. The van der Waals surface area contributed by atoms with Gasteiger partial charge in [0, 0.05) is 12.1 Å². The van der Waals surface area contributed by atoms with Crippen LogP contribution in [0.5, 0.6) is 0 Å². The molecule has 0 N–H and O–H groups in total. The lowest BCUT2D eigenvalue weighted by Gasteiger charge is -2.53. The van der Waals surface area contributed by atoms with E-state index in [1.807, 2.05) is 0 Å². The molecule has 0 spiro atoms. The third-order valence-corrected chi connectivity index (χ3v) is 16.0. The Labute approximate surface area is 248 Å². The average molecular weight is 572 g/mol. The monoisotopic (exact) mass is 571 g/mol. The molecule has 1 heterocycles. The number of rotatable bonds is 5. The molecule has 1 aliphatic heterocycles. The first-order valence-electron chi connectivity index (χ1n) is 18.6. The van der Waals surface area contributed by atoms with Crippen molar-refractivity contribution in [3.8, 4) is 0 Å². The van der Waals surface area contributed by atoms with Gasteiger partial charge in [0.15, 0.2) is 0 Å². The van der Waals surface area contributed by atoms with Crippen LogP contribution in [0.1, 0.15) is 155 Å². The molecule has 228 valence electrons. The Bertz CT molecular complexity index is 747. The Kier molecular flexibility index (Phi) is 9.53. The van der Waals surface area contributed by atoms with Gasteiger partial charge in [-0.15, -0.1) is 0 Å². The van der Waals surface area contributed by atoms with E-state index < -0.39 is 8.53 Å². The van der Waals surface area contributed by atoms with Crippen molar-refractivity contribution in [1.29, 1.82) is 0 Å². The lowest BCUT2D eigenvalue weighted by molar-refractivity contribution is -0.0856. The summed E-state index contributed by atoms with van der Waals surface area (Å²) >= 11 is 0. The summed E-state index contributed by atoms with van der Waals surface area (Å²) in [5.41, 5.74) is 0. The van der Waals surface area contributed by atoms with Crippen molar-refractivity contribution in [2.24, 2.45) is 47.3 Å². The van der Waals surface area contributed by atoms with Gasteiger partial charge in [-0.1, -0.05) is 77.0 Å². The molecule has 3 nitrogen and oxygen atoms in total. The van der Waals surface area contributed by atoms with Crippen molar-refractivity contribution in [1.82, 2.24) is 4.67 Å². The highest BCUT2D eigenvalue weighted by molar-refractivity contribution is 7.44. The van der Waals surface area contributed by atoms with Gasteiger partial charge in [0.05, 0.1) is 12.2 Å². The highest BCUT2D eigenvalue weighted by Gasteiger charge is 2.56. The molecule has 0 bridgehead atoms. The molecular weight excluding hydrogens is 509 g/mol. The molecule has 7 aliphatic rings. The predicted octanol–water partition coefficient (Wildman–Crippen LogP) is 10.7. The van der Waals surface area contributed by atoms with E-state index in [1.54, 1.807) is 0 Å². The normalized spacial score (nSPS) is 44.9. The summed E-state index contributed by atoms with van der Waals surface area (Å²) in [6, 6.07) is 1.19. The Morgan fingerprint density at radius 3 is 1.32 bits per heavy atom. The first kappa shape index (κ1) is 29.0. The minimum absolute atomic E-state index is 0.459. The third-order valence-electron chi connectivity index (χ3n) is 14.0. The van der Waals surface area contributed by atoms with Gasteiger partial charge in [0.25, 0.3) is 8.53 Å². The van der Waals surface area contributed by atoms with Crippen LogP contribution in [0.2, 0.25) is 0 Å². The van der Waals surface area contributed by atoms with Crippen LogP contribution >= 0.6 is 8.53 Å². The smallest absolute Gasteiger partial charge is 0.259 e. The van der Waals surface area contributed by atoms with E-state index >= 15 is 0 Å². The molecule has 0 aromatic rings. The van der Waals surface area contributed by atoms with Gasteiger partial charge in [0.1, 0.15) is 0 Å². The van der Waals surface area contributed by atoms with E-state index in [9.17, 15) is 0 Å². The highest BCUT2D eigenvalue weighted by atomic mass is 31.2. The Hall–Kier alpha value is 0.310. The number of nitrogens with zero attached hydrogens (tertiary/aromatic N) is 1. The van der Waals surface area contributed by atoms with E-state index in [0.717, 1.165) is 47.3 Å². The fraction of sp³-hybridized carbons (Fsp3) is 1.00. The SMILES string of the molecule is C[C@@H](C1CCCCC1)N([C@@H](C)C1CCCCC1)P1OC2CCC3CCCCC3C2C2C(CCC3CCCCC32)O1. The minimum Gasteiger partial charge on any atom is -0.318 e. The predicted molar refractivity (Wildman–Crippen MR) is 167 cm³/mol. The molecule has 0 amide bonds.